The predicted octanol–water partition coefficient (Wildman–Crippen LogP) is -9.03. The standard InChI is InChI=1S/Ba.Ce.Li.2H3O4P/c;;;2*1-5(2,3)4/h;;;2*(H3,1,2,3,4)/q+2;+3;+1;;/p-6. The minimum absolute atomic E-state index is 0. The Morgan fingerprint density at radius 2 is 0.692 bits per heavy atom. The van der Waals surface area contributed by atoms with E-state index in [0.29, 0.717) is 0 Å². The van der Waals surface area contributed by atoms with E-state index in [4.69, 9.17) is 38.5 Å². The van der Waals surface area contributed by atoms with Gasteiger partial charge in [-0.25, -0.2) is 0 Å². The topological polar surface area (TPSA) is 172 Å². The molecule has 0 rings (SSSR count). The quantitative estimate of drug-likeness (QED) is 0.246. The average Bonchev–Trinajstić information content (AvgIpc) is 1.12. The fraction of sp³-hybridized carbons (Fsp3) is 0. The van der Waals surface area contributed by atoms with Gasteiger partial charge < -0.3 is 38.5 Å². The van der Waals surface area contributed by atoms with Crippen molar-refractivity contribution < 1.29 is 99.1 Å². The van der Waals surface area contributed by atoms with E-state index in [1.807, 2.05) is 0 Å². The van der Waals surface area contributed by atoms with Crippen LogP contribution in [0.2, 0.25) is 0 Å². The zero-order valence-electron chi connectivity index (χ0n) is 6.37. The zero-order valence-corrected chi connectivity index (χ0v) is 15.7. The zero-order chi connectivity index (χ0) is 9.00. The summed E-state index contributed by atoms with van der Waals surface area (Å²) in [7, 11) is -10.8. The van der Waals surface area contributed by atoms with Gasteiger partial charge in [-0.05, 0) is 0 Å². The van der Waals surface area contributed by atoms with E-state index >= 15 is 0 Å². The molecule has 0 amide bonds. The van der Waals surface area contributed by atoms with Gasteiger partial charge in [0.15, 0.2) is 0 Å². The van der Waals surface area contributed by atoms with Crippen molar-refractivity contribution in [2.45, 2.75) is 0 Å². The van der Waals surface area contributed by atoms with E-state index in [2.05, 4.69) is 0 Å². The Balaban J connectivity index is -0.0000000267. The van der Waals surface area contributed by atoms with Crippen LogP contribution in [-0.2, 0) is 9.13 Å². The van der Waals surface area contributed by atoms with Crippen LogP contribution < -0.4 is 48.2 Å². The maximum Gasteiger partial charge on any atom is 3.00 e. The van der Waals surface area contributed by atoms with Crippen LogP contribution in [0.15, 0.2) is 0 Å². The maximum absolute atomic E-state index is 8.55. The molecule has 0 aliphatic rings. The molecule has 0 saturated carbocycles. The largest absolute Gasteiger partial charge is 3.00 e. The maximum atomic E-state index is 8.55. The van der Waals surface area contributed by atoms with Crippen molar-refractivity contribution in [3.05, 3.63) is 0 Å². The summed E-state index contributed by atoms with van der Waals surface area (Å²) in [4.78, 5) is 51.3. The second-order valence-corrected chi connectivity index (χ2v) is 2.68. The molecule has 1 radical (unpaired) electrons. The number of hydrogen-bond donors (Lipinski definition) is 0. The molecule has 0 aromatic heterocycles. The monoisotopic (exact) mass is 475 g/mol. The van der Waals surface area contributed by atoms with Gasteiger partial charge in [-0.2, -0.15) is 15.6 Å². The SMILES string of the molecule is O=P([O-])([O-])[O-].O=P([O-])([O-])[O-].[Ba+2].[Ce+3].[Li+]. The summed E-state index contributed by atoms with van der Waals surface area (Å²) < 4.78 is 17.1. The Kier molecular flexibility index (Phi) is 32.0. The Morgan fingerprint density at radius 1 is 0.692 bits per heavy atom. The summed E-state index contributed by atoms with van der Waals surface area (Å²) in [5.41, 5.74) is 0. The van der Waals surface area contributed by atoms with Crippen LogP contribution in [0, 0.1) is 41.7 Å². The number of rotatable bonds is 0. The molecule has 13 heavy (non-hydrogen) atoms. The van der Waals surface area contributed by atoms with Gasteiger partial charge in [0.1, 0.15) is 0 Å². The molecule has 0 aromatic carbocycles. The summed E-state index contributed by atoms with van der Waals surface area (Å²) in [5, 5.41) is 0. The van der Waals surface area contributed by atoms with Crippen molar-refractivity contribution in [2.75, 3.05) is 0 Å². The number of phosphoric acid groups is 2. The fourth-order valence-electron chi connectivity index (χ4n) is 0. The third-order valence-electron chi connectivity index (χ3n) is 0. The molecule has 0 saturated heterocycles. The normalized spacial score (nSPS) is 9.08. The summed E-state index contributed by atoms with van der Waals surface area (Å²) in [6.45, 7) is 0. The van der Waals surface area contributed by atoms with Gasteiger partial charge in [0.05, 0.1) is 0 Å². The van der Waals surface area contributed by atoms with Crippen molar-refractivity contribution in [3.63, 3.8) is 0 Å². The van der Waals surface area contributed by atoms with Crippen LogP contribution in [0.4, 0.5) is 0 Å². The van der Waals surface area contributed by atoms with Crippen molar-refractivity contribution in [1.29, 1.82) is 0 Å². The second-order valence-electron chi connectivity index (χ2n) is 0.894. The minimum Gasteiger partial charge on any atom is -0.822 e. The molecule has 0 atom stereocenters. The van der Waals surface area contributed by atoms with Crippen molar-refractivity contribution in [1.82, 2.24) is 0 Å². The number of hydrogen-bond acceptors (Lipinski definition) is 8. The molecule has 0 fully saturated rings. The van der Waals surface area contributed by atoms with Crippen LogP contribution in [0.1, 0.15) is 0 Å². The third kappa shape index (κ3) is 211. The van der Waals surface area contributed by atoms with Crippen LogP contribution in [0.25, 0.3) is 0 Å². The first-order chi connectivity index (χ1) is 4.00. The van der Waals surface area contributed by atoms with Gasteiger partial charge in [-0.15, -0.1) is 0 Å². The molecule has 0 aromatic rings. The van der Waals surface area contributed by atoms with E-state index in [-0.39, 0.29) is 109 Å². The third-order valence-corrected chi connectivity index (χ3v) is 0. The van der Waals surface area contributed by atoms with E-state index in [0.717, 1.165) is 0 Å². The smallest absolute Gasteiger partial charge is 0.822 e. The molecule has 0 aliphatic carbocycles. The Hall–Kier alpha value is 3.77. The second kappa shape index (κ2) is 13.8. The molecule has 8 nitrogen and oxygen atoms in total. The Labute approximate surface area is 160 Å². The van der Waals surface area contributed by atoms with Gasteiger partial charge >= 0.3 is 109 Å². The summed E-state index contributed by atoms with van der Waals surface area (Å²) >= 11 is 0. The molecule has 0 heterocycles. The van der Waals surface area contributed by atoms with Gasteiger partial charge in [0.25, 0.3) is 0 Å². The van der Waals surface area contributed by atoms with Gasteiger partial charge in [-0.1, -0.05) is 0 Å². The Morgan fingerprint density at radius 3 is 0.692 bits per heavy atom. The molecule has 0 spiro atoms. The van der Waals surface area contributed by atoms with Gasteiger partial charge in [0.2, 0.25) is 0 Å². The average molecular weight is 474 g/mol. The van der Waals surface area contributed by atoms with Crippen molar-refractivity contribution in [3.8, 4) is 0 Å². The first-order valence-corrected chi connectivity index (χ1v) is 4.38. The van der Waals surface area contributed by atoms with Crippen molar-refractivity contribution >= 4 is 64.5 Å². The molecule has 0 unspecified atom stereocenters. The summed E-state index contributed by atoms with van der Waals surface area (Å²) in [6, 6.07) is 0. The summed E-state index contributed by atoms with van der Waals surface area (Å²) in [5.74, 6) is 0. The molecule has 0 aliphatic heterocycles. The van der Waals surface area contributed by atoms with E-state index in [1.54, 1.807) is 0 Å². The van der Waals surface area contributed by atoms with Crippen molar-refractivity contribution in [2.24, 2.45) is 0 Å². The molecule has 13 heteroatoms. The predicted molar refractivity (Wildman–Crippen MR) is 21.0 cm³/mol. The van der Waals surface area contributed by atoms with Gasteiger partial charge in [0, 0.05) is 0 Å². The molecule has 0 bridgehead atoms. The summed E-state index contributed by atoms with van der Waals surface area (Å²) in [6.07, 6.45) is 0. The van der Waals surface area contributed by atoms with Crippen LogP contribution in [-0.4, -0.2) is 48.9 Å². The molecule has 0 N–H and O–H groups in total. The van der Waals surface area contributed by atoms with E-state index in [9.17, 15) is 0 Å². The first-order valence-electron chi connectivity index (χ1n) is 1.46. The van der Waals surface area contributed by atoms with E-state index < -0.39 is 15.6 Å². The van der Waals surface area contributed by atoms with Crippen LogP contribution >= 0.6 is 15.6 Å². The first kappa shape index (κ1) is 30.1. The van der Waals surface area contributed by atoms with Gasteiger partial charge in [-0.3, -0.25) is 0 Å². The molecular formula is BaCeLiO8P2. The minimum atomic E-state index is -5.39. The Bertz CT molecular complexity index is 134. The fourth-order valence-corrected chi connectivity index (χ4v) is 0. The molecule has 65 valence electrons. The van der Waals surface area contributed by atoms with E-state index in [1.165, 1.54) is 0 Å². The molecular weight excluding hydrogens is 474 g/mol. The van der Waals surface area contributed by atoms with Crippen LogP contribution in [0.3, 0.4) is 0 Å². The van der Waals surface area contributed by atoms with Crippen LogP contribution in [0.5, 0.6) is 0 Å².